The number of nitrogens with zero attached hydrogens (tertiary/aromatic N) is 4. The van der Waals surface area contributed by atoms with Gasteiger partial charge in [-0.2, -0.15) is 0 Å². The van der Waals surface area contributed by atoms with Crippen LogP contribution in [0.5, 0.6) is 0 Å². The Morgan fingerprint density at radius 3 is 2.61 bits per heavy atom. The minimum atomic E-state index is -0.835. The SMILES string of the molecule is Cc1ccnc(NC(=O)C(=O)Nn2cnnc2)c1. The smallest absolute Gasteiger partial charge is 0.302 e. The number of hydrogen-bond acceptors (Lipinski definition) is 5. The van der Waals surface area contributed by atoms with Crippen molar-refractivity contribution in [2.75, 3.05) is 10.7 Å². The Morgan fingerprint density at radius 2 is 1.94 bits per heavy atom. The van der Waals surface area contributed by atoms with Crippen LogP contribution in [-0.4, -0.2) is 31.7 Å². The first-order valence-corrected chi connectivity index (χ1v) is 5.05. The summed E-state index contributed by atoms with van der Waals surface area (Å²) in [6.07, 6.45) is 4.06. The molecule has 92 valence electrons. The van der Waals surface area contributed by atoms with Gasteiger partial charge >= 0.3 is 11.8 Å². The number of rotatable bonds is 2. The average Bonchev–Trinajstić information content (AvgIpc) is 2.81. The lowest BCUT2D eigenvalue weighted by Crippen LogP contribution is -2.33. The highest BCUT2D eigenvalue weighted by atomic mass is 16.2. The molecule has 0 fully saturated rings. The van der Waals surface area contributed by atoms with Crippen molar-refractivity contribution in [2.45, 2.75) is 6.92 Å². The standard InChI is InChI=1S/C10H10N6O2/c1-7-2-3-11-8(4-7)14-9(17)10(18)15-16-5-12-13-6-16/h2-6H,1H3,(H,15,18)(H,11,14,17). The van der Waals surface area contributed by atoms with Gasteiger partial charge in [-0.15, -0.1) is 10.2 Å². The average molecular weight is 246 g/mol. The van der Waals surface area contributed by atoms with Gasteiger partial charge in [-0.3, -0.25) is 15.0 Å². The molecule has 0 unspecified atom stereocenters. The molecule has 2 N–H and O–H groups in total. The van der Waals surface area contributed by atoms with Crippen LogP contribution >= 0.6 is 0 Å². The zero-order chi connectivity index (χ0) is 13.0. The summed E-state index contributed by atoms with van der Waals surface area (Å²) in [4.78, 5) is 26.9. The lowest BCUT2D eigenvalue weighted by molar-refractivity contribution is -0.133. The number of carbonyl (C=O) groups excluding carboxylic acids is 2. The predicted molar refractivity (Wildman–Crippen MR) is 62.0 cm³/mol. The molecule has 0 saturated heterocycles. The van der Waals surface area contributed by atoms with E-state index < -0.39 is 11.8 Å². The van der Waals surface area contributed by atoms with E-state index in [1.165, 1.54) is 17.3 Å². The van der Waals surface area contributed by atoms with Crippen molar-refractivity contribution in [1.82, 2.24) is 19.9 Å². The van der Waals surface area contributed by atoms with E-state index in [0.717, 1.165) is 5.56 Å². The van der Waals surface area contributed by atoms with Crippen LogP contribution in [0.15, 0.2) is 31.0 Å². The maximum absolute atomic E-state index is 11.5. The molecule has 0 aliphatic heterocycles. The van der Waals surface area contributed by atoms with Crippen molar-refractivity contribution in [3.05, 3.63) is 36.5 Å². The Morgan fingerprint density at radius 1 is 1.22 bits per heavy atom. The fourth-order valence-electron chi connectivity index (χ4n) is 1.20. The number of hydrogen-bond donors (Lipinski definition) is 2. The molecule has 2 aromatic rings. The van der Waals surface area contributed by atoms with Gasteiger partial charge in [-0.05, 0) is 24.6 Å². The van der Waals surface area contributed by atoms with Crippen molar-refractivity contribution in [3.8, 4) is 0 Å². The first kappa shape index (κ1) is 11.7. The van der Waals surface area contributed by atoms with E-state index in [1.54, 1.807) is 18.3 Å². The molecule has 0 aromatic carbocycles. The molecule has 0 bridgehead atoms. The molecular formula is C10H10N6O2. The molecule has 2 rings (SSSR count). The minimum Gasteiger partial charge on any atom is -0.302 e. The van der Waals surface area contributed by atoms with Gasteiger partial charge in [-0.1, -0.05) is 0 Å². The number of nitrogens with one attached hydrogen (secondary N) is 2. The van der Waals surface area contributed by atoms with E-state index in [0.29, 0.717) is 5.82 Å². The first-order chi connectivity index (χ1) is 8.65. The Bertz CT molecular complexity index is 566. The maximum Gasteiger partial charge on any atom is 0.328 e. The van der Waals surface area contributed by atoms with Gasteiger partial charge in [0.25, 0.3) is 0 Å². The van der Waals surface area contributed by atoms with Crippen LogP contribution in [0.25, 0.3) is 0 Å². The molecule has 0 radical (unpaired) electrons. The molecule has 0 aliphatic rings. The number of amides is 2. The van der Waals surface area contributed by atoms with Gasteiger partial charge < -0.3 is 5.32 Å². The van der Waals surface area contributed by atoms with Crippen molar-refractivity contribution in [2.24, 2.45) is 0 Å². The van der Waals surface area contributed by atoms with Crippen LogP contribution < -0.4 is 10.7 Å². The maximum atomic E-state index is 11.5. The molecule has 0 saturated carbocycles. The molecule has 2 amide bonds. The molecule has 0 aliphatic carbocycles. The van der Waals surface area contributed by atoms with Crippen LogP contribution in [0.1, 0.15) is 5.56 Å². The summed E-state index contributed by atoms with van der Waals surface area (Å²) >= 11 is 0. The van der Waals surface area contributed by atoms with Gasteiger partial charge in [0.2, 0.25) is 0 Å². The topological polar surface area (TPSA) is 102 Å². The number of aromatic nitrogens is 4. The third kappa shape index (κ3) is 2.88. The van der Waals surface area contributed by atoms with E-state index in [9.17, 15) is 9.59 Å². The third-order valence-electron chi connectivity index (χ3n) is 2.01. The van der Waals surface area contributed by atoms with Crippen LogP contribution in [0.3, 0.4) is 0 Å². The highest BCUT2D eigenvalue weighted by Crippen LogP contribution is 2.04. The summed E-state index contributed by atoms with van der Waals surface area (Å²) in [6.45, 7) is 1.86. The fourth-order valence-corrected chi connectivity index (χ4v) is 1.20. The van der Waals surface area contributed by atoms with E-state index in [2.05, 4.69) is 25.9 Å². The molecule has 8 nitrogen and oxygen atoms in total. The Balaban J connectivity index is 1.97. The van der Waals surface area contributed by atoms with E-state index in [-0.39, 0.29) is 0 Å². The molecule has 2 heterocycles. The lowest BCUT2D eigenvalue weighted by atomic mass is 10.3. The van der Waals surface area contributed by atoms with E-state index >= 15 is 0 Å². The zero-order valence-corrected chi connectivity index (χ0v) is 9.49. The van der Waals surface area contributed by atoms with Gasteiger partial charge in [0.1, 0.15) is 18.5 Å². The number of pyridine rings is 1. The molecule has 0 spiro atoms. The second kappa shape index (κ2) is 5.04. The largest absolute Gasteiger partial charge is 0.328 e. The second-order valence-corrected chi connectivity index (χ2v) is 3.48. The molecule has 18 heavy (non-hydrogen) atoms. The van der Waals surface area contributed by atoms with Gasteiger partial charge in [0.05, 0.1) is 0 Å². The van der Waals surface area contributed by atoms with Crippen LogP contribution in [0.4, 0.5) is 5.82 Å². The van der Waals surface area contributed by atoms with Crippen molar-refractivity contribution >= 4 is 17.6 Å². The zero-order valence-electron chi connectivity index (χ0n) is 9.49. The van der Waals surface area contributed by atoms with E-state index in [1.807, 2.05) is 6.92 Å². The second-order valence-electron chi connectivity index (χ2n) is 3.48. The summed E-state index contributed by atoms with van der Waals surface area (Å²) < 4.78 is 1.17. The van der Waals surface area contributed by atoms with Gasteiger partial charge in [0.15, 0.2) is 0 Å². The summed E-state index contributed by atoms with van der Waals surface area (Å²) in [5.74, 6) is -1.33. The van der Waals surface area contributed by atoms with Crippen molar-refractivity contribution in [1.29, 1.82) is 0 Å². The quantitative estimate of drug-likeness (QED) is 0.708. The van der Waals surface area contributed by atoms with Crippen LogP contribution in [0.2, 0.25) is 0 Å². The number of aryl methyl sites for hydroxylation is 1. The summed E-state index contributed by atoms with van der Waals surface area (Å²) in [5.41, 5.74) is 3.20. The number of anilines is 1. The van der Waals surface area contributed by atoms with Gasteiger partial charge in [0, 0.05) is 6.20 Å². The minimum absolute atomic E-state index is 0.318. The molecular weight excluding hydrogens is 236 g/mol. The highest BCUT2D eigenvalue weighted by molar-refractivity contribution is 6.42. The summed E-state index contributed by atoms with van der Waals surface area (Å²) in [5, 5.41) is 9.35. The Labute approximate surface area is 102 Å². The monoisotopic (exact) mass is 246 g/mol. The first-order valence-electron chi connectivity index (χ1n) is 5.05. The third-order valence-corrected chi connectivity index (χ3v) is 2.01. The van der Waals surface area contributed by atoms with Gasteiger partial charge in [-0.25, -0.2) is 9.66 Å². The highest BCUT2D eigenvalue weighted by Gasteiger charge is 2.14. The van der Waals surface area contributed by atoms with Crippen molar-refractivity contribution in [3.63, 3.8) is 0 Å². The normalized spacial score (nSPS) is 9.83. The summed E-state index contributed by atoms with van der Waals surface area (Å²) in [7, 11) is 0. The van der Waals surface area contributed by atoms with E-state index in [4.69, 9.17) is 0 Å². The lowest BCUT2D eigenvalue weighted by Gasteiger charge is -2.05. The molecule has 8 heteroatoms. The Hall–Kier alpha value is -2.77. The van der Waals surface area contributed by atoms with Crippen LogP contribution in [-0.2, 0) is 9.59 Å². The number of carbonyl (C=O) groups is 2. The Kier molecular flexibility index (Phi) is 3.28. The molecule has 2 aromatic heterocycles. The summed E-state index contributed by atoms with van der Waals surface area (Å²) in [6, 6.07) is 3.44. The fraction of sp³-hybridized carbons (Fsp3) is 0.100. The van der Waals surface area contributed by atoms with Crippen molar-refractivity contribution < 1.29 is 9.59 Å². The van der Waals surface area contributed by atoms with Crippen LogP contribution in [0, 0.1) is 6.92 Å². The molecule has 0 atom stereocenters. The predicted octanol–water partition coefficient (Wildman–Crippen LogP) is -0.310.